The fraction of sp³-hybridized carbons (Fsp3) is 1.00. The summed E-state index contributed by atoms with van der Waals surface area (Å²) < 4.78 is 39.3. The standard InChI is InChI=1S/C11H19F3N2/c1-2-6-15-10(11(12,13)14)5-7-16(8-10)9-3-4-9/h9,15H,2-8H2,1H3. The first-order chi connectivity index (χ1) is 7.48. The summed E-state index contributed by atoms with van der Waals surface area (Å²) in [5.41, 5.74) is -1.65. The maximum absolute atomic E-state index is 13.1. The van der Waals surface area contributed by atoms with Crippen LogP contribution in [-0.2, 0) is 0 Å². The molecule has 0 radical (unpaired) electrons. The largest absolute Gasteiger partial charge is 0.407 e. The Hall–Kier alpha value is -0.290. The summed E-state index contributed by atoms with van der Waals surface area (Å²) in [7, 11) is 0. The minimum Gasteiger partial charge on any atom is -0.303 e. The Kier molecular flexibility index (Phi) is 3.18. The average molecular weight is 236 g/mol. The minimum absolute atomic E-state index is 0.140. The molecule has 16 heavy (non-hydrogen) atoms. The van der Waals surface area contributed by atoms with Crippen LogP contribution in [0.2, 0.25) is 0 Å². The molecule has 1 atom stereocenters. The van der Waals surface area contributed by atoms with Gasteiger partial charge in [0.1, 0.15) is 5.54 Å². The Bertz CT molecular complexity index is 250. The summed E-state index contributed by atoms with van der Waals surface area (Å²) in [6.45, 7) is 3.06. The minimum atomic E-state index is -4.13. The SMILES string of the molecule is CCCNC1(C(F)(F)F)CCN(C2CC2)C1. The van der Waals surface area contributed by atoms with Crippen molar-refractivity contribution >= 4 is 0 Å². The molecule has 0 aromatic heterocycles. The van der Waals surface area contributed by atoms with E-state index in [1.165, 1.54) is 0 Å². The number of rotatable bonds is 4. The van der Waals surface area contributed by atoms with Crippen LogP contribution in [0.3, 0.4) is 0 Å². The van der Waals surface area contributed by atoms with E-state index in [1.807, 2.05) is 11.8 Å². The summed E-state index contributed by atoms with van der Waals surface area (Å²) in [6, 6.07) is 0.424. The summed E-state index contributed by atoms with van der Waals surface area (Å²) >= 11 is 0. The highest BCUT2D eigenvalue weighted by molar-refractivity contribution is 5.05. The molecule has 0 aromatic rings. The summed E-state index contributed by atoms with van der Waals surface area (Å²) in [5, 5.41) is 2.73. The van der Waals surface area contributed by atoms with E-state index in [-0.39, 0.29) is 13.0 Å². The normalized spacial score (nSPS) is 32.2. The Morgan fingerprint density at radius 2 is 2.06 bits per heavy atom. The molecule has 2 nitrogen and oxygen atoms in total. The highest BCUT2D eigenvalue weighted by atomic mass is 19.4. The molecule has 1 N–H and O–H groups in total. The van der Waals surface area contributed by atoms with Crippen molar-refractivity contribution in [3.05, 3.63) is 0 Å². The van der Waals surface area contributed by atoms with Gasteiger partial charge in [-0.1, -0.05) is 6.92 Å². The molecule has 0 aromatic carbocycles. The van der Waals surface area contributed by atoms with E-state index in [1.54, 1.807) is 0 Å². The molecule has 1 aliphatic carbocycles. The van der Waals surface area contributed by atoms with Gasteiger partial charge >= 0.3 is 6.18 Å². The summed E-state index contributed by atoms with van der Waals surface area (Å²) in [4.78, 5) is 2.00. The molecule has 1 unspecified atom stereocenters. The molecular weight excluding hydrogens is 217 g/mol. The van der Waals surface area contributed by atoms with Crippen molar-refractivity contribution in [1.82, 2.24) is 10.2 Å². The zero-order valence-electron chi connectivity index (χ0n) is 9.61. The van der Waals surface area contributed by atoms with Crippen molar-refractivity contribution in [3.63, 3.8) is 0 Å². The van der Waals surface area contributed by atoms with E-state index in [0.717, 1.165) is 19.3 Å². The maximum atomic E-state index is 13.1. The molecule has 1 saturated carbocycles. The Balaban J connectivity index is 2.03. The molecule has 2 rings (SSSR count). The zero-order chi connectivity index (χ0) is 11.8. The van der Waals surface area contributed by atoms with Crippen molar-refractivity contribution < 1.29 is 13.2 Å². The van der Waals surface area contributed by atoms with Crippen LogP contribution in [-0.4, -0.2) is 42.3 Å². The van der Waals surface area contributed by atoms with Crippen LogP contribution >= 0.6 is 0 Å². The van der Waals surface area contributed by atoms with E-state index in [2.05, 4.69) is 5.32 Å². The molecule has 0 bridgehead atoms. The highest BCUT2D eigenvalue weighted by Crippen LogP contribution is 2.41. The second kappa shape index (κ2) is 4.18. The molecule has 2 fully saturated rings. The second-order valence-corrected chi connectivity index (χ2v) is 4.96. The van der Waals surface area contributed by atoms with Gasteiger partial charge in [0.25, 0.3) is 0 Å². The first-order valence-electron chi connectivity index (χ1n) is 6.04. The van der Waals surface area contributed by atoms with Gasteiger partial charge in [0.2, 0.25) is 0 Å². The maximum Gasteiger partial charge on any atom is 0.407 e. The molecular formula is C11H19F3N2. The molecule has 1 saturated heterocycles. The lowest BCUT2D eigenvalue weighted by atomic mass is 9.97. The lowest BCUT2D eigenvalue weighted by molar-refractivity contribution is -0.192. The Labute approximate surface area is 94.2 Å². The van der Waals surface area contributed by atoms with Gasteiger partial charge in [-0.2, -0.15) is 13.2 Å². The third-order valence-electron chi connectivity index (χ3n) is 3.62. The number of halogens is 3. The lowest BCUT2D eigenvalue weighted by Crippen LogP contribution is -2.58. The first kappa shape index (κ1) is 12.2. The van der Waals surface area contributed by atoms with Crippen LogP contribution in [0.5, 0.6) is 0 Å². The summed E-state index contributed by atoms with van der Waals surface area (Å²) in [5.74, 6) is 0. The monoisotopic (exact) mass is 236 g/mol. The van der Waals surface area contributed by atoms with Gasteiger partial charge in [0.15, 0.2) is 0 Å². The third kappa shape index (κ3) is 2.20. The van der Waals surface area contributed by atoms with Gasteiger partial charge in [0.05, 0.1) is 0 Å². The number of nitrogens with zero attached hydrogens (tertiary/aromatic N) is 1. The van der Waals surface area contributed by atoms with Crippen molar-refractivity contribution in [3.8, 4) is 0 Å². The smallest absolute Gasteiger partial charge is 0.303 e. The first-order valence-corrected chi connectivity index (χ1v) is 6.04. The number of alkyl halides is 3. The van der Waals surface area contributed by atoms with Crippen molar-refractivity contribution in [2.24, 2.45) is 0 Å². The molecule has 0 spiro atoms. The predicted octanol–water partition coefficient (Wildman–Crippen LogP) is 2.16. The van der Waals surface area contributed by atoms with Crippen molar-refractivity contribution in [1.29, 1.82) is 0 Å². The number of nitrogens with one attached hydrogen (secondary N) is 1. The molecule has 2 aliphatic rings. The predicted molar refractivity (Wildman–Crippen MR) is 56.3 cm³/mol. The van der Waals surface area contributed by atoms with Gasteiger partial charge in [-0.05, 0) is 32.2 Å². The quantitative estimate of drug-likeness (QED) is 0.804. The second-order valence-electron chi connectivity index (χ2n) is 4.96. The van der Waals surface area contributed by atoms with Gasteiger partial charge in [-0.15, -0.1) is 0 Å². The highest BCUT2D eigenvalue weighted by Gasteiger charge is 2.58. The molecule has 1 aliphatic heterocycles. The van der Waals surface area contributed by atoms with Crippen molar-refractivity contribution in [2.45, 2.75) is 50.4 Å². The van der Waals surface area contributed by atoms with E-state index in [9.17, 15) is 13.2 Å². The van der Waals surface area contributed by atoms with Gasteiger partial charge in [0, 0.05) is 19.1 Å². The van der Waals surface area contributed by atoms with Crippen LogP contribution in [0.1, 0.15) is 32.6 Å². The molecule has 94 valence electrons. The average Bonchev–Trinajstić information content (AvgIpc) is 2.95. The number of hydrogen-bond acceptors (Lipinski definition) is 2. The topological polar surface area (TPSA) is 15.3 Å². The zero-order valence-corrected chi connectivity index (χ0v) is 9.61. The van der Waals surface area contributed by atoms with E-state index in [4.69, 9.17) is 0 Å². The van der Waals surface area contributed by atoms with Crippen LogP contribution in [0.25, 0.3) is 0 Å². The molecule has 0 amide bonds. The van der Waals surface area contributed by atoms with Crippen LogP contribution in [0.15, 0.2) is 0 Å². The van der Waals surface area contributed by atoms with Crippen LogP contribution in [0.4, 0.5) is 13.2 Å². The van der Waals surface area contributed by atoms with Crippen LogP contribution < -0.4 is 5.32 Å². The van der Waals surface area contributed by atoms with E-state index in [0.29, 0.717) is 19.1 Å². The van der Waals surface area contributed by atoms with Gasteiger partial charge in [-0.25, -0.2) is 0 Å². The van der Waals surface area contributed by atoms with Gasteiger partial charge in [-0.3, -0.25) is 4.90 Å². The van der Waals surface area contributed by atoms with E-state index >= 15 is 0 Å². The van der Waals surface area contributed by atoms with Crippen molar-refractivity contribution in [2.75, 3.05) is 19.6 Å². The van der Waals surface area contributed by atoms with Gasteiger partial charge < -0.3 is 5.32 Å². The lowest BCUT2D eigenvalue weighted by Gasteiger charge is -2.33. The van der Waals surface area contributed by atoms with Crippen LogP contribution in [0, 0.1) is 0 Å². The Morgan fingerprint density at radius 3 is 2.56 bits per heavy atom. The fourth-order valence-corrected chi connectivity index (χ4v) is 2.43. The molecule has 5 heteroatoms. The molecule has 1 heterocycles. The number of likely N-dealkylation sites (tertiary alicyclic amines) is 1. The summed E-state index contributed by atoms with van der Waals surface area (Å²) in [6.07, 6.45) is -1.05. The fourth-order valence-electron chi connectivity index (χ4n) is 2.43. The van der Waals surface area contributed by atoms with E-state index < -0.39 is 11.7 Å². The Morgan fingerprint density at radius 1 is 1.38 bits per heavy atom. The third-order valence-corrected chi connectivity index (χ3v) is 3.62. The number of hydrogen-bond donors (Lipinski definition) is 1.